The largest absolute Gasteiger partial charge is 0.494 e. The third kappa shape index (κ3) is 12.2. The van der Waals surface area contributed by atoms with Crippen molar-refractivity contribution >= 4 is 15.7 Å². The first-order valence-corrected chi connectivity index (χ1v) is 15.0. The van der Waals surface area contributed by atoms with Crippen LogP contribution in [-0.4, -0.2) is 46.7 Å². The number of benzene rings is 2. The highest BCUT2D eigenvalue weighted by Gasteiger charge is 2.14. The second-order valence-electron chi connectivity index (χ2n) is 9.45. The van der Waals surface area contributed by atoms with Gasteiger partial charge in [0.2, 0.25) is 0 Å². The molecule has 0 saturated heterocycles. The van der Waals surface area contributed by atoms with Crippen molar-refractivity contribution in [3.05, 3.63) is 54.1 Å². The highest BCUT2D eigenvalue weighted by molar-refractivity contribution is 7.92. The van der Waals surface area contributed by atoms with E-state index in [1.54, 1.807) is 48.5 Å². The third-order valence-electron chi connectivity index (χ3n) is 6.10. The van der Waals surface area contributed by atoms with Gasteiger partial charge in [0.15, 0.2) is 0 Å². The number of hydrogen-bond acceptors (Lipinski definition) is 5. The van der Waals surface area contributed by atoms with Crippen LogP contribution in [0.1, 0.15) is 77.2 Å². The Balaban J connectivity index is 1.66. The fourth-order valence-electron chi connectivity index (χ4n) is 3.81. The predicted octanol–water partition coefficient (Wildman–Crippen LogP) is 6.87. The van der Waals surface area contributed by atoms with Crippen LogP contribution in [0.25, 0.3) is 0 Å². The smallest absolute Gasteiger partial charge is 0.261 e. The molecule has 0 bridgehead atoms. The molecule has 2 aromatic rings. The number of hydrogen-bond donors (Lipinski definition) is 1. The topological polar surface area (TPSA) is 67.9 Å². The molecule has 0 unspecified atom stereocenters. The number of ether oxygens (including phenoxy) is 2. The molecule has 0 spiro atoms. The lowest BCUT2D eigenvalue weighted by Gasteiger charge is -2.16. The van der Waals surface area contributed by atoms with Crippen LogP contribution in [0, 0.1) is 0 Å². The summed E-state index contributed by atoms with van der Waals surface area (Å²) in [6.07, 6.45) is 10.6. The van der Waals surface area contributed by atoms with Crippen LogP contribution in [0.2, 0.25) is 0 Å². The number of unbranched alkanes of at least 4 members (excludes halogenated alkanes) is 6. The van der Waals surface area contributed by atoms with E-state index < -0.39 is 10.0 Å². The maximum atomic E-state index is 12.7. The Bertz CT molecular complexity index is 931. The van der Waals surface area contributed by atoms with Gasteiger partial charge in [0.1, 0.15) is 5.75 Å². The lowest BCUT2D eigenvalue weighted by atomic mass is 10.2. The molecule has 7 heteroatoms. The fourth-order valence-corrected chi connectivity index (χ4v) is 4.86. The van der Waals surface area contributed by atoms with Crippen molar-refractivity contribution in [2.45, 2.75) is 83.1 Å². The van der Waals surface area contributed by atoms with Gasteiger partial charge in [-0.2, -0.15) is 0 Å². The lowest BCUT2D eigenvalue weighted by Crippen LogP contribution is -2.20. The summed E-state index contributed by atoms with van der Waals surface area (Å²) in [6, 6.07) is 13.9. The average molecular weight is 519 g/mol. The van der Waals surface area contributed by atoms with Gasteiger partial charge in [0, 0.05) is 12.3 Å². The third-order valence-corrected chi connectivity index (χ3v) is 7.49. The van der Waals surface area contributed by atoms with E-state index in [9.17, 15) is 8.42 Å². The molecule has 0 aromatic heterocycles. The molecule has 202 valence electrons. The van der Waals surface area contributed by atoms with Crippen molar-refractivity contribution in [3.8, 4) is 5.75 Å². The second-order valence-corrected chi connectivity index (χ2v) is 11.1. The summed E-state index contributed by atoms with van der Waals surface area (Å²) in [5.74, 6) is 0.751. The molecule has 0 fully saturated rings. The Morgan fingerprint density at radius 3 is 2.06 bits per heavy atom. The highest BCUT2D eigenvalue weighted by atomic mass is 32.2. The van der Waals surface area contributed by atoms with E-state index in [0.717, 1.165) is 43.6 Å². The van der Waals surface area contributed by atoms with Gasteiger partial charge in [-0.3, -0.25) is 4.72 Å². The average Bonchev–Trinajstić information content (AvgIpc) is 2.87. The highest BCUT2D eigenvalue weighted by Crippen LogP contribution is 2.20. The molecular weight excluding hydrogens is 472 g/mol. The second kappa shape index (κ2) is 17.4. The standard InChI is InChI=1S/C29H46N2O4S/c1-4-6-10-21-31(3)22-11-8-9-12-24-35-28-17-15-27(16-18-28)30-36(32,33)29-19-13-26(14-20-29)25-34-23-7-5-2/h13-20,30H,4-12,21-25H2,1-3H3. The van der Waals surface area contributed by atoms with Gasteiger partial charge in [-0.05, 0) is 87.8 Å². The Hall–Kier alpha value is -2.09. The van der Waals surface area contributed by atoms with Gasteiger partial charge in [0.05, 0.1) is 18.1 Å². The number of rotatable bonds is 20. The normalized spacial score (nSPS) is 11.7. The number of sulfonamides is 1. The minimum atomic E-state index is -3.65. The summed E-state index contributed by atoms with van der Waals surface area (Å²) in [6.45, 7) is 8.61. The predicted molar refractivity (Wildman–Crippen MR) is 149 cm³/mol. The van der Waals surface area contributed by atoms with E-state index in [4.69, 9.17) is 9.47 Å². The van der Waals surface area contributed by atoms with Gasteiger partial charge >= 0.3 is 0 Å². The quantitative estimate of drug-likeness (QED) is 0.194. The van der Waals surface area contributed by atoms with E-state index in [1.807, 2.05) is 0 Å². The zero-order valence-corrected chi connectivity index (χ0v) is 23.3. The monoisotopic (exact) mass is 518 g/mol. The minimum absolute atomic E-state index is 0.229. The van der Waals surface area contributed by atoms with Crippen LogP contribution < -0.4 is 9.46 Å². The van der Waals surface area contributed by atoms with Gasteiger partial charge in [-0.25, -0.2) is 8.42 Å². The van der Waals surface area contributed by atoms with Gasteiger partial charge in [0.25, 0.3) is 10.0 Å². The van der Waals surface area contributed by atoms with Crippen LogP contribution >= 0.6 is 0 Å². The summed E-state index contributed by atoms with van der Waals surface area (Å²) in [5, 5.41) is 0. The zero-order chi connectivity index (χ0) is 26.1. The van der Waals surface area contributed by atoms with Gasteiger partial charge in [-0.1, -0.05) is 58.1 Å². The molecular formula is C29H46N2O4S. The molecule has 1 N–H and O–H groups in total. The Labute approximate surface area is 219 Å². The van der Waals surface area contributed by atoms with Crippen molar-refractivity contribution in [3.63, 3.8) is 0 Å². The van der Waals surface area contributed by atoms with Crippen molar-refractivity contribution in [2.75, 3.05) is 38.1 Å². The van der Waals surface area contributed by atoms with Crippen LogP contribution in [0.3, 0.4) is 0 Å². The van der Waals surface area contributed by atoms with Crippen molar-refractivity contribution in [1.29, 1.82) is 0 Å². The Morgan fingerprint density at radius 2 is 1.39 bits per heavy atom. The maximum absolute atomic E-state index is 12.7. The molecule has 0 aliphatic heterocycles. The Kier molecular flexibility index (Phi) is 14.5. The zero-order valence-electron chi connectivity index (χ0n) is 22.5. The molecule has 0 aliphatic rings. The van der Waals surface area contributed by atoms with Crippen LogP contribution in [0.5, 0.6) is 5.75 Å². The summed E-state index contributed by atoms with van der Waals surface area (Å²) < 4.78 is 39.5. The Morgan fingerprint density at radius 1 is 0.750 bits per heavy atom. The molecule has 0 aliphatic carbocycles. The number of anilines is 1. The molecule has 0 atom stereocenters. The minimum Gasteiger partial charge on any atom is -0.494 e. The van der Waals surface area contributed by atoms with Crippen LogP contribution in [0.4, 0.5) is 5.69 Å². The van der Waals surface area contributed by atoms with Crippen molar-refractivity contribution in [1.82, 2.24) is 4.90 Å². The van der Waals surface area contributed by atoms with E-state index >= 15 is 0 Å². The maximum Gasteiger partial charge on any atom is 0.261 e. The SMILES string of the molecule is CCCCCN(C)CCCCCCOc1ccc(NS(=O)(=O)c2ccc(COCCCC)cc2)cc1. The number of nitrogens with zero attached hydrogens (tertiary/aromatic N) is 1. The van der Waals surface area contributed by atoms with Gasteiger partial charge in [-0.15, -0.1) is 0 Å². The molecule has 0 radical (unpaired) electrons. The van der Waals surface area contributed by atoms with Crippen molar-refractivity contribution < 1.29 is 17.9 Å². The molecule has 0 saturated carbocycles. The van der Waals surface area contributed by atoms with Gasteiger partial charge < -0.3 is 14.4 Å². The van der Waals surface area contributed by atoms with Crippen molar-refractivity contribution in [2.24, 2.45) is 0 Å². The summed E-state index contributed by atoms with van der Waals surface area (Å²) >= 11 is 0. The summed E-state index contributed by atoms with van der Waals surface area (Å²) in [7, 11) is -1.44. The molecule has 36 heavy (non-hydrogen) atoms. The van der Waals surface area contributed by atoms with E-state index in [1.165, 1.54) is 45.2 Å². The van der Waals surface area contributed by atoms with Crippen LogP contribution in [0.15, 0.2) is 53.4 Å². The first-order chi connectivity index (χ1) is 17.4. The lowest BCUT2D eigenvalue weighted by molar-refractivity contribution is 0.118. The van der Waals surface area contributed by atoms with E-state index in [2.05, 4.69) is 30.5 Å². The molecule has 2 rings (SSSR count). The molecule has 2 aromatic carbocycles. The first kappa shape index (κ1) is 30.1. The summed E-state index contributed by atoms with van der Waals surface area (Å²) in [4.78, 5) is 2.66. The molecule has 0 amide bonds. The van der Waals surface area contributed by atoms with E-state index in [-0.39, 0.29) is 4.90 Å². The molecule has 0 heterocycles. The number of nitrogens with one attached hydrogen (secondary N) is 1. The van der Waals surface area contributed by atoms with Crippen LogP contribution in [-0.2, 0) is 21.4 Å². The fraction of sp³-hybridized carbons (Fsp3) is 0.586. The summed E-state index contributed by atoms with van der Waals surface area (Å²) in [5.41, 5.74) is 1.47. The molecule has 6 nitrogen and oxygen atoms in total. The first-order valence-electron chi connectivity index (χ1n) is 13.6. The van der Waals surface area contributed by atoms with E-state index in [0.29, 0.717) is 18.9 Å².